The lowest BCUT2D eigenvalue weighted by Crippen LogP contribution is -2.48. The van der Waals surface area contributed by atoms with Crippen molar-refractivity contribution in [3.05, 3.63) is 68.7 Å². The van der Waals surface area contributed by atoms with Crippen molar-refractivity contribution in [2.45, 2.75) is 44.2 Å². The molecule has 0 saturated carbocycles. The van der Waals surface area contributed by atoms with Crippen molar-refractivity contribution in [3.63, 3.8) is 0 Å². The molecule has 0 bridgehead atoms. The van der Waals surface area contributed by atoms with E-state index < -0.39 is 18.4 Å². The molecule has 0 radical (unpaired) electrons. The highest BCUT2D eigenvalue weighted by molar-refractivity contribution is 6.42. The lowest BCUT2D eigenvalue weighted by Gasteiger charge is -2.43. The Morgan fingerprint density at radius 3 is 2.51 bits per heavy atom. The topological polar surface area (TPSA) is 90.0 Å². The quantitative estimate of drug-likeness (QED) is 0.580. The Morgan fingerprint density at radius 2 is 1.83 bits per heavy atom. The van der Waals surface area contributed by atoms with Gasteiger partial charge in [0, 0.05) is 18.7 Å². The van der Waals surface area contributed by atoms with Gasteiger partial charge in [0.05, 0.1) is 22.5 Å². The SMILES string of the molecule is CN(C(=O)Cc1ccc(Cl)c(Cl)c1)C1c2cc(C(=O)NCC(=O)O)ccc2CCC1N1CCCC1. The minimum absolute atomic E-state index is 0.0498. The normalized spacial score (nSPS) is 19.7. The van der Waals surface area contributed by atoms with Crippen molar-refractivity contribution in [2.24, 2.45) is 0 Å². The van der Waals surface area contributed by atoms with E-state index in [0.29, 0.717) is 15.6 Å². The number of rotatable bonds is 7. The smallest absolute Gasteiger partial charge is 0.322 e. The van der Waals surface area contributed by atoms with E-state index in [4.69, 9.17) is 28.3 Å². The largest absolute Gasteiger partial charge is 0.480 e. The third kappa shape index (κ3) is 5.80. The van der Waals surface area contributed by atoms with E-state index in [-0.39, 0.29) is 24.4 Å². The Morgan fingerprint density at radius 1 is 1.09 bits per heavy atom. The number of nitrogens with one attached hydrogen (secondary N) is 1. The van der Waals surface area contributed by atoms with Gasteiger partial charge in [0.25, 0.3) is 5.91 Å². The summed E-state index contributed by atoms with van der Waals surface area (Å²) in [4.78, 5) is 41.2. The number of carbonyl (C=O) groups is 3. The number of carboxylic acid groups (broad SMARTS) is 1. The molecule has 35 heavy (non-hydrogen) atoms. The van der Waals surface area contributed by atoms with Crippen molar-refractivity contribution < 1.29 is 19.5 Å². The van der Waals surface area contributed by atoms with Gasteiger partial charge in [-0.15, -0.1) is 0 Å². The summed E-state index contributed by atoms with van der Waals surface area (Å²) >= 11 is 12.2. The number of likely N-dealkylation sites (tertiary alicyclic amines) is 1. The van der Waals surface area contributed by atoms with Crippen LogP contribution in [0.15, 0.2) is 36.4 Å². The van der Waals surface area contributed by atoms with Gasteiger partial charge in [0.15, 0.2) is 0 Å². The summed E-state index contributed by atoms with van der Waals surface area (Å²) in [5.41, 5.74) is 3.23. The van der Waals surface area contributed by atoms with Gasteiger partial charge in [-0.05, 0) is 79.7 Å². The molecule has 2 amide bonds. The molecule has 1 saturated heterocycles. The Labute approximate surface area is 215 Å². The van der Waals surface area contributed by atoms with Crippen LogP contribution in [0.4, 0.5) is 0 Å². The van der Waals surface area contributed by atoms with E-state index in [9.17, 15) is 14.4 Å². The second kappa shape index (κ2) is 11.0. The summed E-state index contributed by atoms with van der Waals surface area (Å²) in [5.74, 6) is -1.59. The van der Waals surface area contributed by atoms with Crippen LogP contribution in [0.5, 0.6) is 0 Å². The van der Waals surface area contributed by atoms with Crippen LogP contribution in [0.3, 0.4) is 0 Å². The summed E-state index contributed by atoms with van der Waals surface area (Å²) in [7, 11) is 1.82. The molecule has 2 aromatic carbocycles. The van der Waals surface area contributed by atoms with E-state index >= 15 is 0 Å². The first-order chi connectivity index (χ1) is 16.7. The van der Waals surface area contributed by atoms with Crippen LogP contribution in [-0.4, -0.2) is 65.4 Å². The number of fused-ring (bicyclic) bond motifs is 1. The molecule has 7 nitrogen and oxygen atoms in total. The van der Waals surface area contributed by atoms with Crippen LogP contribution in [0.2, 0.25) is 10.0 Å². The number of amides is 2. The summed E-state index contributed by atoms with van der Waals surface area (Å²) in [6.45, 7) is 1.53. The standard InChI is InChI=1S/C26H29Cl2N3O4/c1-30(23(32)13-16-4-8-20(27)21(28)12-16)25-19-14-18(26(35)29-15-24(33)34)6-5-17(19)7-9-22(25)31-10-2-3-11-31/h4-6,8,12,14,22,25H,2-3,7,9-11,13,15H2,1H3,(H,29,35)(H,33,34). The van der Waals surface area contributed by atoms with Gasteiger partial charge in [-0.2, -0.15) is 0 Å². The molecule has 2 aliphatic rings. The number of carbonyl (C=O) groups excluding carboxylic acids is 2. The average molecular weight is 518 g/mol. The zero-order chi connectivity index (χ0) is 25.1. The van der Waals surface area contributed by atoms with Gasteiger partial charge in [0.2, 0.25) is 5.91 Å². The van der Waals surface area contributed by atoms with Crippen LogP contribution < -0.4 is 5.32 Å². The first-order valence-electron chi connectivity index (χ1n) is 11.8. The summed E-state index contributed by atoms with van der Waals surface area (Å²) in [6, 6.07) is 10.6. The fourth-order valence-electron chi connectivity index (χ4n) is 5.19. The number of aliphatic carboxylic acids is 1. The Bertz CT molecular complexity index is 1130. The molecule has 1 aliphatic carbocycles. The molecular weight excluding hydrogens is 489 g/mol. The van der Waals surface area contributed by atoms with Crippen LogP contribution in [-0.2, 0) is 22.4 Å². The second-order valence-electron chi connectivity index (χ2n) is 9.21. The lowest BCUT2D eigenvalue weighted by molar-refractivity contribution is -0.136. The van der Waals surface area contributed by atoms with E-state index in [1.807, 2.05) is 19.2 Å². The van der Waals surface area contributed by atoms with Crippen LogP contribution in [0, 0.1) is 0 Å². The van der Waals surface area contributed by atoms with Gasteiger partial charge >= 0.3 is 5.97 Å². The Hall–Kier alpha value is -2.61. The zero-order valence-electron chi connectivity index (χ0n) is 19.6. The Balaban J connectivity index is 1.64. The molecule has 0 aromatic heterocycles. The fraction of sp³-hybridized carbons (Fsp3) is 0.423. The molecule has 0 spiro atoms. The number of hydrogen-bond acceptors (Lipinski definition) is 4. The summed E-state index contributed by atoms with van der Waals surface area (Å²) < 4.78 is 0. The van der Waals surface area contributed by atoms with Crippen molar-refractivity contribution in [2.75, 3.05) is 26.7 Å². The molecule has 2 unspecified atom stereocenters. The predicted molar refractivity (Wildman–Crippen MR) is 135 cm³/mol. The summed E-state index contributed by atoms with van der Waals surface area (Å²) in [5, 5.41) is 12.2. The van der Waals surface area contributed by atoms with Gasteiger partial charge in [-0.3, -0.25) is 19.3 Å². The maximum atomic E-state index is 13.5. The molecule has 2 aromatic rings. The zero-order valence-corrected chi connectivity index (χ0v) is 21.1. The third-order valence-electron chi connectivity index (χ3n) is 6.96. The third-order valence-corrected chi connectivity index (χ3v) is 7.70. The predicted octanol–water partition coefficient (Wildman–Crippen LogP) is 3.96. The maximum absolute atomic E-state index is 13.5. The van der Waals surface area contributed by atoms with E-state index in [0.717, 1.165) is 55.5 Å². The molecule has 1 heterocycles. The van der Waals surface area contributed by atoms with Crippen molar-refractivity contribution in [3.8, 4) is 0 Å². The molecule has 1 fully saturated rings. The molecule has 1 aliphatic heterocycles. The lowest BCUT2D eigenvalue weighted by atomic mass is 9.81. The van der Waals surface area contributed by atoms with Crippen LogP contribution in [0.25, 0.3) is 0 Å². The number of benzene rings is 2. The highest BCUT2D eigenvalue weighted by Crippen LogP contribution is 2.39. The van der Waals surface area contributed by atoms with Crippen molar-refractivity contribution in [1.82, 2.24) is 15.1 Å². The highest BCUT2D eigenvalue weighted by Gasteiger charge is 2.39. The minimum atomic E-state index is -1.10. The number of hydrogen-bond donors (Lipinski definition) is 2. The highest BCUT2D eigenvalue weighted by atomic mass is 35.5. The van der Waals surface area contributed by atoms with Crippen molar-refractivity contribution in [1.29, 1.82) is 0 Å². The van der Waals surface area contributed by atoms with E-state index in [2.05, 4.69) is 10.2 Å². The average Bonchev–Trinajstić information content (AvgIpc) is 3.38. The number of carboxylic acids is 1. The van der Waals surface area contributed by atoms with Crippen LogP contribution in [0.1, 0.15) is 52.4 Å². The van der Waals surface area contributed by atoms with Crippen molar-refractivity contribution >= 4 is 41.0 Å². The monoisotopic (exact) mass is 517 g/mol. The number of aryl methyl sites for hydroxylation is 1. The maximum Gasteiger partial charge on any atom is 0.322 e. The first kappa shape index (κ1) is 25.5. The number of nitrogens with zero attached hydrogens (tertiary/aromatic N) is 2. The molecule has 2 atom stereocenters. The van der Waals surface area contributed by atoms with Gasteiger partial charge < -0.3 is 15.3 Å². The molecule has 186 valence electrons. The Kier molecular flexibility index (Phi) is 7.99. The van der Waals surface area contributed by atoms with E-state index in [1.165, 1.54) is 0 Å². The van der Waals surface area contributed by atoms with Gasteiger partial charge in [-0.25, -0.2) is 0 Å². The van der Waals surface area contributed by atoms with Gasteiger partial charge in [0.1, 0.15) is 6.54 Å². The molecule has 2 N–H and O–H groups in total. The molecule has 4 rings (SSSR count). The van der Waals surface area contributed by atoms with E-state index in [1.54, 1.807) is 29.2 Å². The van der Waals surface area contributed by atoms with Gasteiger partial charge in [-0.1, -0.05) is 35.3 Å². The minimum Gasteiger partial charge on any atom is -0.480 e. The molecule has 9 heteroatoms. The second-order valence-corrected chi connectivity index (χ2v) is 10.0. The first-order valence-corrected chi connectivity index (χ1v) is 12.6. The summed E-state index contributed by atoms with van der Waals surface area (Å²) in [6.07, 6.45) is 4.24. The molecular formula is C26H29Cl2N3O4. The fourth-order valence-corrected chi connectivity index (χ4v) is 5.51. The van der Waals surface area contributed by atoms with Crippen LogP contribution >= 0.6 is 23.2 Å². The number of halogens is 2. The number of likely N-dealkylation sites (N-methyl/N-ethyl adjacent to an activating group) is 1.